The maximum Gasteiger partial charge on any atom is 0.371 e. The third-order valence-electron chi connectivity index (χ3n) is 2.73. The zero-order valence-corrected chi connectivity index (χ0v) is 11.3. The summed E-state index contributed by atoms with van der Waals surface area (Å²) in [6, 6.07) is 5.81. The number of aromatic carboxylic acids is 1. The van der Waals surface area contributed by atoms with Gasteiger partial charge < -0.3 is 9.52 Å². The zero-order chi connectivity index (χ0) is 14.9. The first-order valence-corrected chi connectivity index (χ1v) is 7.26. The Bertz CT molecular complexity index is 761. The van der Waals surface area contributed by atoms with E-state index in [1.165, 1.54) is 19.1 Å². The molecule has 1 N–H and O–H groups in total. The van der Waals surface area contributed by atoms with E-state index < -0.39 is 27.4 Å². The highest BCUT2D eigenvalue weighted by atomic mass is 32.2. The van der Waals surface area contributed by atoms with Crippen LogP contribution in [0.3, 0.4) is 0 Å². The summed E-state index contributed by atoms with van der Waals surface area (Å²) < 4.78 is 42.3. The SMILES string of the molecule is Cc1oc(C(=O)O)cc1CS(=O)(=O)c1cccc(F)c1. The molecule has 0 amide bonds. The van der Waals surface area contributed by atoms with Crippen LogP contribution in [0.25, 0.3) is 0 Å². The molecule has 1 aromatic heterocycles. The highest BCUT2D eigenvalue weighted by molar-refractivity contribution is 7.90. The Morgan fingerprint density at radius 2 is 2.05 bits per heavy atom. The van der Waals surface area contributed by atoms with Gasteiger partial charge in [0.1, 0.15) is 11.6 Å². The van der Waals surface area contributed by atoms with Crippen molar-refractivity contribution in [2.75, 3.05) is 0 Å². The lowest BCUT2D eigenvalue weighted by Gasteiger charge is -2.03. The van der Waals surface area contributed by atoms with Gasteiger partial charge in [-0.25, -0.2) is 17.6 Å². The van der Waals surface area contributed by atoms with Crippen LogP contribution >= 0.6 is 0 Å². The molecule has 0 saturated heterocycles. The number of hydrogen-bond acceptors (Lipinski definition) is 4. The van der Waals surface area contributed by atoms with Crippen LogP contribution in [0.4, 0.5) is 4.39 Å². The van der Waals surface area contributed by atoms with Gasteiger partial charge in [0.2, 0.25) is 5.76 Å². The molecule has 0 saturated carbocycles. The lowest BCUT2D eigenvalue weighted by atomic mass is 10.3. The quantitative estimate of drug-likeness (QED) is 0.937. The summed E-state index contributed by atoms with van der Waals surface area (Å²) in [6.45, 7) is 1.48. The average Bonchev–Trinajstić information content (AvgIpc) is 2.70. The average molecular weight is 298 g/mol. The van der Waals surface area contributed by atoms with E-state index in [-0.39, 0.29) is 22.0 Å². The normalized spacial score (nSPS) is 11.5. The van der Waals surface area contributed by atoms with Crippen molar-refractivity contribution in [3.05, 3.63) is 53.2 Å². The maximum absolute atomic E-state index is 13.1. The number of benzene rings is 1. The number of halogens is 1. The number of carboxylic acids is 1. The highest BCUT2D eigenvalue weighted by Gasteiger charge is 2.21. The van der Waals surface area contributed by atoms with E-state index in [1.807, 2.05) is 0 Å². The van der Waals surface area contributed by atoms with Crippen molar-refractivity contribution >= 4 is 15.8 Å². The van der Waals surface area contributed by atoms with Crippen molar-refractivity contribution < 1.29 is 27.1 Å². The molecule has 0 aliphatic heterocycles. The van der Waals surface area contributed by atoms with Crippen LogP contribution in [-0.2, 0) is 15.6 Å². The van der Waals surface area contributed by atoms with Gasteiger partial charge in [0.05, 0.1) is 10.6 Å². The molecule has 0 fully saturated rings. The van der Waals surface area contributed by atoms with E-state index in [4.69, 9.17) is 9.52 Å². The van der Waals surface area contributed by atoms with E-state index in [1.54, 1.807) is 0 Å². The Balaban J connectivity index is 2.36. The van der Waals surface area contributed by atoms with E-state index >= 15 is 0 Å². The summed E-state index contributed by atoms with van der Waals surface area (Å²) in [5, 5.41) is 8.78. The molecule has 0 bridgehead atoms. The van der Waals surface area contributed by atoms with Gasteiger partial charge in [-0.05, 0) is 31.2 Å². The van der Waals surface area contributed by atoms with Crippen LogP contribution in [0.1, 0.15) is 21.9 Å². The molecule has 5 nitrogen and oxygen atoms in total. The van der Waals surface area contributed by atoms with Crippen molar-refractivity contribution in [3.8, 4) is 0 Å². The minimum absolute atomic E-state index is 0.157. The fourth-order valence-corrected chi connectivity index (χ4v) is 3.16. The number of rotatable bonds is 4. The number of hydrogen-bond donors (Lipinski definition) is 1. The Morgan fingerprint density at radius 1 is 1.35 bits per heavy atom. The topological polar surface area (TPSA) is 84.6 Å². The number of sulfone groups is 1. The first kappa shape index (κ1) is 14.3. The summed E-state index contributed by atoms with van der Waals surface area (Å²) in [7, 11) is -3.76. The molecule has 1 heterocycles. The molecular weight excluding hydrogens is 287 g/mol. The van der Waals surface area contributed by atoms with E-state index in [2.05, 4.69) is 0 Å². The van der Waals surface area contributed by atoms with Crippen molar-refractivity contribution in [2.45, 2.75) is 17.6 Å². The predicted molar refractivity (Wildman–Crippen MR) is 67.7 cm³/mol. The van der Waals surface area contributed by atoms with Crippen LogP contribution in [-0.4, -0.2) is 19.5 Å². The summed E-state index contributed by atoms with van der Waals surface area (Å²) in [4.78, 5) is 10.6. The molecule has 2 rings (SSSR count). The summed E-state index contributed by atoms with van der Waals surface area (Å²) in [6.07, 6.45) is 0. The lowest BCUT2D eigenvalue weighted by Crippen LogP contribution is -2.05. The van der Waals surface area contributed by atoms with Gasteiger partial charge in [-0.15, -0.1) is 0 Å². The smallest absolute Gasteiger partial charge is 0.371 e. The fraction of sp³-hybridized carbons (Fsp3) is 0.154. The van der Waals surface area contributed by atoms with Gasteiger partial charge in [-0.2, -0.15) is 0 Å². The molecule has 106 valence electrons. The third-order valence-corrected chi connectivity index (χ3v) is 4.40. The van der Waals surface area contributed by atoms with Crippen molar-refractivity contribution in [1.82, 2.24) is 0 Å². The minimum atomic E-state index is -3.76. The standard InChI is InChI=1S/C13H11FO5S/c1-8-9(5-12(19-8)13(15)16)7-20(17,18)11-4-2-3-10(14)6-11/h2-6H,7H2,1H3,(H,15,16). The molecule has 7 heteroatoms. The third kappa shape index (κ3) is 2.88. The second kappa shape index (κ2) is 5.09. The minimum Gasteiger partial charge on any atom is -0.475 e. The van der Waals surface area contributed by atoms with Crippen molar-refractivity contribution in [3.63, 3.8) is 0 Å². The Hall–Kier alpha value is -2.15. The largest absolute Gasteiger partial charge is 0.475 e. The van der Waals surface area contributed by atoms with Crippen LogP contribution in [0.2, 0.25) is 0 Å². The Labute approximate surface area is 114 Å². The zero-order valence-electron chi connectivity index (χ0n) is 10.5. The predicted octanol–water partition coefficient (Wildman–Crippen LogP) is 2.40. The molecule has 0 radical (unpaired) electrons. The van der Waals surface area contributed by atoms with Crippen LogP contribution < -0.4 is 0 Å². The fourth-order valence-electron chi connectivity index (χ4n) is 1.72. The highest BCUT2D eigenvalue weighted by Crippen LogP contribution is 2.22. The van der Waals surface area contributed by atoms with Crippen LogP contribution in [0.5, 0.6) is 0 Å². The van der Waals surface area contributed by atoms with Crippen LogP contribution in [0.15, 0.2) is 39.6 Å². The van der Waals surface area contributed by atoms with Gasteiger partial charge in [0.25, 0.3) is 0 Å². The van der Waals surface area contributed by atoms with Crippen molar-refractivity contribution in [1.29, 1.82) is 0 Å². The number of aryl methyl sites for hydroxylation is 1. The molecule has 0 spiro atoms. The maximum atomic E-state index is 13.1. The van der Waals surface area contributed by atoms with Gasteiger partial charge in [0, 0.05) is 5.56 Å². The van der Waals surface area contributed by atoms with Crippen molar-refractivity contribution in [2.24, 2.45) is 0 Å². The monoisotopic (exact) mass is 298 g/mol. The van der Waals surface area contributed by atoms with Crippen LogP contribution in [0, 0.1) is 12.7 Å². The molecule has 0 aliphatic rings. The van der Waals surface area contributed by atoms with E-state index in [0.29, 0.717) is 0 Å². The van der Waals surface area contributed by atoms with Gasteiger partial charge in [-0.3, -0.25) is 0 Å². The second-order valence-electron chi connectivity index (χ2n) is 4.21. The Morgan fingerprint density at radius 3 is 2.60 bits per heavy atom. The second-order valence-corrected chi connectivity index (χ2v) is 6.20. The molecule has 2 aromatic rings. The first-order valence-electron chi connectivity index (χ1n) is 5.60. The summed E-state index contributed by atoms with van der Waals surface area (Å²) >= 11 is 0. The number of carbonyl (C=O) groups is 1. The lowest BCUT2D eigenvalue weighted by molar-refractivity contribution is 0.0661. The molecule has 20 heavy (non-hydrogen) atoms. The number of furan rings is 1. The van der Waals surface area contributed by atoms with E-state index in [0.717, 1.165) is 18.2 Å². The summed E-state index contributed by atoms with van der Waals surface area (Å²) in [5.41, 5.74) is 0.242. The molecule has 0 aliphatic carbocycles. The first-order chi connectivity index (χ1) is 9.29. The molecular formula is C13H11FO5S. The Kier molecular flexibility index (Phi) is 3.63. The molecule has 1 aromatic carbocycles. The number of carboxylic acid groups (broad SMARTS) is 1. The van der Waals surface area contributed by atoms with Gasteiger partial charge >= 0.3 is 5.97 Å². The summed E-state index contributed by atoms with van der Waals surface area (Å²) in [5.74, 6) is -2.49. The molecule has 0 atom stereocenters. The van der Waals surface area contributed by atoms with E-state index in [9.17, 15) is 17.6 Å². The van der Waals surface area contributed by atoms with Gasteiger partial charge in [0.15, 0.2) is 9.84 Å². The molecule has 0 unspecified atom stereocenters. The van der Waals surface area contributed by atoms with Gasteiger partial charge in [-0.1, -0.05) is 6.07 Å².